The number of alkyl halides is 2. The Labute approximate surface area is 196 Å². The summed E-state index contributed by atoms with van der Waals surface area (Å²) in [4.78, 5) is 18.8. The average molecular weight is 480 g/mol. The first-order valence-electron chi connectivity index (χ1n) is 11.5. The summed E-state index contributed by atoms with van der Waals surface area (Å²) >= 11 is 6.63. The number of aliphatic hydroxyl groups is 1. The molecule has 0 spiro atoms. The van der Waals surface area contributed by atoms with E-state index in [4.69, 9.17) is 16.3 Å². The number of carbonyl (C=O) groups excluding carboxylic acids is 1. The first-order chi connectivity index (χ1) is 15.8. The molecule has 1 aromatic carbocycles. The fourth-order valence-electron chi connectivity index (χ4n) is 5.23. The SMILES string of the molecule is CC1(N2CCC(c3cc4cc(NC(=O)C5CC5C(F)F)ncc4cc3Cl)CC2)COCC1O. The number of piperidine rings is 1. The summed E-state index contributed by atoms with van der Waals surface area (Å²) in [5.74, 6) is -1.25. The Hall–Kier alpha value is -1.87. The van der Waals surface area contributed by atoms with Crippen molar-refractivity contribution in [3.05, 3.63) is 35.0 Å². The van der Waals surface area contributed by atoms with Crippen molar-refractivity contribution >= 4 is 34.1 Å². The van der Waals surface area contributed by atoms with Gasteiger partial charge in [0.25, 0.3) is 0 Å². The van der Waals surface area contributed by atoms with Gasteiger partial charge in [-0.2, -0.15) is 0 Å². The van der Waals surface area contributed by atoms with Crippen molar-refractivity contribution in [2.45, 2.75) is 50.2 Å². The summed E-state index contributed by atoms with van der Waals surface area (Å²) in [7, 11) is 0. The number of aliphatic hydroxyl groups excluding tert-OH is 1. The molecule has 2 N–H and O–H groups in total. The van der Waals surface area contributed by atoms with E-state index in [1.807, 2.05) is 12.1 Å². The molecule has 6 nitrogen and oxygen atoms in total. The molecule has 5 rings (SSSR count). The molecule has 4 atom stereocenters. The molecule has 3 heterocycles. The van der Waals surface area contributed by atoms with Gasteiger partial charge in [0, 0.05) is 28.4 Å². The quantitative estimate of drug-likeness (QED) is 0.676. The van der Waals surface area contributed by atoms with Crippen LogP contribution >= 0.6 is 11.6 Å². The van der Waals surface area contributed by atoms with Crippen molar-refractivity contribution < 1.29 is 23.4 Å². The van der Waals surface area contributed by atoms with Gasteiger partial charge in [-0.3, -0.25) is 9.69 Å². The normalized spacial score (nSPS) is 30.8. The van der Waals surface area contributed by atoms with Gasteiger partial charge in [-0.05, 0) is 74.3 Å². The number of benzene rings is 1. The van der Waals surface area contributed by atoms with Crippen LogP contribution in [-0.4, -0.2) is 65.3 Å². The lowest BCUT2D eigenvalue weighted by Crippen LogP contribution is -2.56. The molecule has 2 aliphatic heterocycles. The van der Waals surface area contributed by atoms with E-state index >= 15 is 0 Å². The Bertz CT molecular complexity index is 1060. The molecular weight excluding hydrogens is 452 g/mol. The molecule has 1 amide bonds. The first kappa shape index (κ1) is 22.9. The van der Waals surface area contributed by atoms with Gasteiger partial charge in [0.15, 0.2) is 0 Å². The van der Waals surface area contributed by atoms with E-state index in [0.29, 0.717) is 24.1 Å². The molecule has 0 bridgehead atoms. The highest BCUT2D eigenvalue weighted by molar-refractivity contribution is 6.32. The smallest absolute Gasteiger partial charge is 0.242 e. The second kappa shape index (κ2) is 8.73. The number of likely N-dealkylation sites (tertiary alicyclic amines) is 1. The van der Waals surface area contributed by atoms with Gasteiger partial charge < -0.3 is 15.2 Å². The molecule has 178 valence electrons. The summed E-state index contributed by atoms with van der Waals surface area (Å²) in [6.45, 7) is 4.67. The number of amides is 1. The lowest BCUT2D eigenvalue weighted by Gasteiger charge is -2.43. The second-order valence-corrected chi connectivity index (χ2v) is 10.2. The van der Waals surface area contributed by atoms with Gasteiger partial charge in [0.2, 0.25) is 12.3 Å². The lowest BCUT2D eigenvalue weighted by molar-refractivity contribution is -0.118. The zero-order valence-electron chi connectivity index (χ0n) is 18.4. The van der Waals surface area contributed by atoms with Crippen molar-refractivity contribution in [3.8, 4) is 0 Å². The highest BCUT2D eigenvalue weighted by atomic mass is 35.5. The number of carbonyl (C=O) groups is 1. The zero-order chi connectivity index (χ0) is 23.3. The highest BCUT2D eigenvalue weighted by Gasteiger charge is 2.49. The standard InChI is InChI=1S/C24H28ClF2N3O3/c1-24(12-33-11-20(24)31)30-4-2-13(3-5-30)16-6-14-8-21(28-10-15(14)7-19(16)25)29-23(32)18-9-17(18)22(26)27/h6-8,10,13,17-18,20,22,31H,2-5,9,11-12H2,1H3,(H,28,29,32). The number of anilines is 1. The van der Waals surface area contributed by atoms with Crippen molar-refractivity contribution in [1.29, 1.82) is 0 Å². The van der Waals surface area contributed by atoms with Gasteiger partial charge >= 0.3 is 0 Å². The Morgan fingerprint density at radius 1 is 1.30 bits per heavy atom. The van der Waals surface area contributed by atoms with Gasteiger partial charge in [-0.15, -0.1) is 0 Å². The summed E-state index contributed by atoms with van der Waals surface area (Å²) in [6.07, 6.45) is 0.748. The maximum Gasteiger partial charge on any atom is 0.242 e. The largest absolute Gasteiger partial charge is 0.389 e. The number of hydrogen-bond acceptors (Lipinski definition) is 5. The van der Waals surface area contributed by atoms with Gasteiger partial charge in [-0.1, -0.05) is 11.6 Å². The number of rotatable bonds is 5. The number of nitrogens with one attached hydrogen (secondary N) is 1. The van der Waals surface area contributed by atoms with Crippen molar-refractivity contribution in [1.82, 2.24) is 9.88 Å². The van der Waals surface area contributed by atoms with E-state index in [1.54, 1.807) is 12.3 Å². The second-order valence-electron chi connectivity index (χ2n) is 9.77. The van der Waals surface area contributed by atoms with E-state index in [1.165, 1.54) is 0 Å². The van der Waals surface area contributed by atoms with Crippen LogP contribution in [-0.2, 0) is 9.53 Å². The monoisotopic (exact) mass is 479 g/mol. The summed E-state index contributed by atoms with van der Waals surface area (Å²) < 4.78 is 31.0. The van der Waals surface area contributed by atoms with E-state index in [0.717, 1.165) is 42.3 Å². The van der Waals surface area contributed by atoms with E-state index < -0.39 is 30.3 Å². The minimum absolute atomic E-state index is 0.220. The molecule has 9 heteroatoms. The van der Waals surface area contributed by atoms with Crippen LogP contribution in [0.2, 0.25) is 5.02 Å². The number of hydrogen-bond donors (Lipinski definition) is 2. The Balaban J connectivity index is 1.30. The minimum Gasteiger partial charge on any atom is -0.389 e. The third-order valence-corrected chi connectivity index (χ3v) is 7.96. The topological polar surface area (TPSA) is 74.7 Å². The molecule has 1 saturated carbocycles. The Kier molecular flexibility index (Phi) is 6.05. The van der Waals surface area contributed by atoms with Crippen molar-refractivity contribution in [2.75, 3.05) is 31.6 Å². The molecule has 0 radical (unpaired) electrons. The molecule has 3 fully saturated rings. The van der Waals surface area contributed by atoms with Crippen LogP contribution in [0.3, 0.4) is 0 Å². The molecule has 2 saturated heterocycles. The van der Waals surface area contributed by atoms with Crippen molar-refractivity contribution in [2.24, 2.45) is 11.8 Å². The Morgan fingerprint density at radius 2 is 2.06 bits per heavy atom. The van der Waals surface area contributed by atoms with Crippen LogP contribution in [0, 0.1) is 11.8 Å². The Morgan fingerprint density at radius 3 is 2.70 bits per heavy atom. The van der Waals surface area contributed by atoms with Crippen LogP contribution in [0.15, 0.2) is 24.4 Å². The number of nitrogens with zero attached hydrogens (tertiary/aromatic N) is 2. The maximum atomic E-state index is 12.8. The molecular formula is C24H28ClF2N3O3. The zero-order valence-corrected chi connectivity index (χ0v) is 19.2. The third kappa shape index (κ3) is 4.34. The van der Waals surface area contributed by atoms with Crippen LogP contribution in [0.5, 0.6) is 0 Å². The van der Waals surface area contributed by atoms with Crippen LogP contribution < -0.4 is 5.32 Å². The highest BCUT2D eigenvalue weighted by Crippen LogP contribution is 2.44. The van der Waals surface area contributed by atoms with Crippen LogP contribution in [0.25, 0.3) is 10.8 Å². The fraction of sp³-hybridized carbons (Fsp3) is 0.583. The number of ether oxygens (including phenoxy) is 1. The molecule has 1 aliphatic carbocycles. The van der Waals surface area contributed by atoms with E-state index in [-0.39, 0.29) is 17.9 Å². The number of aromatic nitrogens is 1. The summed E-state index contributed by atoms with van der Waals surface area (Å²) in [5, 5.41) is 15.5. The minimum atomic E-state index is -2.46. The third-order valence-electron chi connectivity index (χ3n) is 7.63. The van der Waals surface area contributed by atoms with Crippen molar-refractivity contribution in [3.63, 3.8) is 0 Å². The van der Waals surface area contributed by atoms with E-state index in [9.17, 15) is 18.7 Å². The molecule has 33 heavy (non-hydrogen) atoms. The average Bonchev–Trinajstić information content (AvgIpc) is 3.54. The van der Waals surface area contributed by atoms with Crippen LogP contribution in [0.1, 0.15) is 37.7 Å². The van der Waals surface area contributed by atoms with Gasteiger partial charge in [0.1, 0.15) is 5.82 Å². The molecule has 1 aromatic heterocycles. The fourth-order valence-corrected chi connectivity index (χ4v) is 5.56. The molecule has 2 aromatic rings. The molecule has 4 unspecified atom stereocenters. The van der Waals surface area contributed by atoms with Gasteiger partial charge in [-0.25, -0.2) is 13.8 Å². The van der Waals surface area contributed by atoms with Crippen LogP contribution in [0.4, 0.5) is 14.6 Å². The first-order valence-corrected chi connectivity index (χ1v) is 11.8. The molecule has 3 aliphatic rings. The number of pyridine rings is 1. The predicted octanol–water partition coefficient (Wildman–Crippen LogP) is 4.06. The summed E-state index contributed by atoms with van der Waals surface area (Å²) in [5.41, 5.74) is 0.711. The number of halogens is 3. The predicted molar refractivity (Wildman–Crippen MR) is 122 cm³/mol. The summed E-state index contributed by atoms with van der Waals surface area (Å²) in [6, 6.07) is 5.71. The number of fused-ring (bicyclic) bond motifs is 1. The maximum absolute atomic E-state index is 12.8. The van der Waals surface area contributed by atoms with E-state index in [2.05, 4.69) is 22.1 Å². The van der Waals surface area contributed by atoms with Gasteiger partial charge in [0.05, 0.1) is 24.9 Å². The lowest BCUT2D eigenvalue weighted by atomic mass is 9.85.